The summed E-state index contributed by atoms with van der Waals surface area (Å²) in [6.45, 7) is 0. The van der Waals surface area contributed by atoms with E-state index in [1.807, 2.05) is 0 Å². The second kappa shape index (κ2) is 22.8. The Morgan fingerprint density at radius 3 is 1.00 bits per heavy atom. The first-order valence-corrected chi connectivity index (χ1v) is 0. The molecule has 0 atom stereocenters. The Balaban J connectivity index is 0. The molecule has 0 spiro atoms. The Morgan fingerprint density at radius 2 is 1.00 bits per heavy atom. The van der Waals surface area contributed by atoms with Crippen molar-refractivity contribution in [2.75, 3.05) is 0 Å². The zero-order valence-corrected chi connectivity index (χ0v) is 5.50. The summed E-state index contributed by atoms with van der Waals surface area (Å²) in [4.78, 5) is 0. The van der Waals surface area contributed by atoms with Gasteiger partial charge in [0.25, 0.3) is 0 Å². The van der Waals surface area contributed by atoms with Crippen molar-refractivity contribution < 1.29 is 59.8 Å². The Hall–Kier alpha value is 1.65. The monoisotopic (exact) mass is 231 g/mol. The molecule has 0 aliphatic heterocycles. The van der Waals surface area contributed by atoms with Crippen molar-refractivity contribution in [3.8, 4) is 0 Å². The van der Waals surface area contributed by atoms with Crippen molar-refractivity contribution in [2.45, 2.75) is 0 Å². The normalized spacial score (nSPS) is 0. The average Bonchev–Trinajstić information content (AvgIpc) is 0. The summed E-state index contributed by atoms with van der Waals surface area (Å²) in [5.41, 5.74) is 0. The summed E-state index contributed by atoms with van der Waals surface area (Å²) < 4.78 is 0. The van der Waals surface area contributed by atoms with Crippen molar-refractivity contribution in [2.24, 2.45) is 0 Å². The van der Waals surface area contributed by atoms with Crippen molar-refractivity contribution in [1.82, 2.24) is 0 Å². The minimum atomic E-state index is 0. The second-order valence-electron chi connectivity index (χ2n) is 0. The van der Waals surface area contributed by atoms with Crippen LogP contribution in [0.3, 0.4) is 0 Å². The van der Waals surface area contributed by atoms with Crippen LogP contribution in [0, 0.1) is 0 Å². The van der Waals surface area contributed by atoms with Crippen LogP contribution in [0.4, 0.5) is 0 Å². The van der Waals surface area contributed by atoms with E-state index in [0.717, 1.165) is 0 Å². The van der Waals surface area contributed by atoms with Gasteiger partial charge >= 0.3 is 33.3 Å². The van der Waals surface area contributed by atoms with Crippen LogP contribution in [0.5, 0.6) is 0 Å². The molecule has 0 aliphatic carbocycles. The Kier molecular flexibility index (Phi) is 256. The average molecular weight is 230 g/mol. The third-order valence-corrected chi connectivity index (χ3v) is 0. The number of hydrogen-bond donors (Lipinski definition) is 0. The molecule has 29 valence electrons. The van der Waals surface area contributed by atoms with E-state index in [2.05, 4.69) is 0 Å². The molecule has 4 heavy (non-hydrogen) atoms. The maximum atomic E-state index is 0. The molecule has 1 nitrogen and oxygen atoms in total. The van der Waals surface area contributed by atoms with E-state index >= 15 is 0 Å². The Morgan fingerprint density at radius 1 is 1.00 bits per heavy atom. The van der Waals surface area contributed by atoms with Gasteiger partial charge in [0.05, 0.1) is 0 Å². The first-order valence-electron chi connectivity index (χ1n) is 0. The largest absolute Gasteiger partial charge is 2.00 e. The molecule has 0 unspecified atom stereocenters. The van der Waals surface area contributed by atoms with E-state index in [4.69, 9.17) is 0 Å². The predicted molar refractivity (Wildman–Crippen MR) is 0.686 cm³/mol. The standard InChI is InChI=1S/Co.Mo.Ni.O/q+2;;+2;-2. The molecule has 1 radical (unpaired) electrons. The van der Waals surface area contributed by atoms with Crippen molar-refractivity contribution in [3.05, 3.63) is 0 Å². The third-order valence-electron chi connectivity index (χ3n) is 0. The molecular formula is CoMoNiO+2. The zero-order valence-electron chi connectivity index (χ0n) is 1.47. The molecule has 0 amide bonds. The van der Waals surface area contributed by atoms with Crippen LogP contribution in [0.15, 0.2) is 0 Å². The first kappa shape index (κ1) is 44.9. The maximum absolute atomic E-state index is 0. The third kappa shape index (κ3) is 9.42. The summed E-state index contributed by atoms with van der Waals surface area (Å²) >= 11 is 0. The van der Waals surface area contributed by atoms with E-state index in [1.165, 1.54) is 0 Å². The van der Waals surface area contributed by atoms with Gasteiger partial charge in [-0.2, -0.15) is 0 Å². The van der Waals surface area contributed by atoms with Crippen molar-refractivity contribution in [3.63, 3.8) is 0 Å². The van der Waals surface area contributed by atoms with Crippen molar-refractivity contribution >= 4 is 0 Å². The van der Waals surface area contributed by atoms with Gasteiger partial charge in [0.2, 0.25) is 0 Å². The number of hydrogen-bond acceptors (Lipinski definition) is 0. The van der Waals surface area contributed by atoms with Gasteiger partial charge in [0, 0.05) is 21.1 Å². The van der Waals surface area contributed by atoms with Gasteiger partial charge < -0.3 is 5.48 Å². The quantitative estimate of drug-likeness (QED) is 0.518. The zero-order chi connectivity index (χ0) is 0. The van der Waals surface area contributed by atoms with Gasteiger partial charge in [-0.1, -0.05) is 0 Å². The summed E-state index contributed by atoms with van der Waals surface area (Å²) in [5.74, 6) is 0. The Bertz CT molecular complexity index is 8.00. The van der Waals surface area contributed by atoms with Gasteiger partial charge in [-0.05, 0) is 0 Å². The molecule has 0 aromatic heterocycles. The fraction of sp³-hybridized carbons (Fsp3) is 0. The fourth-order valence-corrected chi connectivity index (χ4v) is 0. The second-order valence-corrected chi connectivity index (χ2v) is 0. The SMILES string of the molecule is [Co+2].[Mo].[Ni+2].[O-2]. The van der Waals surface area contributed by atoms with E-state index in [0.29, 0.717) is 0 Å². The summed E-state index contributed by atoms with van der Waals surface area (Å²) in [6, 6.07) is 0. The molecule has 0 heterocycles. The molecule has 0 aromatic carbocycles. The van der Waals surface area contributed by atoms with Gasteiger partial charge in [-0.15, -0.1) is 0 Å². The number of rotatable bonds is 0. The molecule has 0 bridgehead atoms. The molecule has 0 rings (SSSR count). The van der Waals surface area contributed by atoms with E-state index < -0.39 is 0 Å². The Labute approximate surface area is 59.6 Å². The minimum absolute atomic E-state index is 0. The van der Waals surface area contributed by atoms with Crippen LogP contribution in [0.1, 0.15) is 0 Å². The van der Waals surface area contributed by atoms with E-state index in [-0.39, 0.29) is 59.8 Å². The van der Waals surface area contributed by atoms with Gasteiger partial charge in [-0.3, -0.25) is 0 Å². The maximum Gasteiger partial charge on any atom is 2.00 e. The fourth-order valence-electron chi connectivity index (χ4n) is 0. The molecule has 0 N–H and O–H groups in total. The summed E-state index contributed by atoms with van der Waals surface area (Å²) in [6.07, 6.45) is 0. The van der Waals surface area contributed by atoms with E-state index in [9.17, 15) is 0 Å². The van der Waals surface area contributed by atoms with Crippen LogP contribution in [0.2, 0.25) is 0 Å². The molecule has 4 heteroatoms. The molecule has 0 aromatic rings. The van der Waals surface area contributed by atoms with Gasteiger partial charge in [0.1, 0.15) is 0 Å². The van der Waals surface area contributed by atoms with Gasteiger partial charge in [0.15, 0.2) is 0 Å². The van der Waals surface area contributed by atoms with E-state index in [1.54, 1.807) is 0 Å². The molecule has 0 saturated heterocycles. The molecule has 0 saturated carbocycles. The van der Waals surface area contributed by atoms with Crippen LogP contribution < -0.4 is 0 Å². The molecule has 0 aliphatic rings. The van der Waals surface area contributed by atoms with Crippen LogP contribution in [0.25, 0.3) is 0 Å². The first-order chi connectivity index (χ1) is 0. The van der Waals surface area contributed by atoms with Crippen molar-refractivity contribution in [1.29, 1.82) is 0 Å². The molecular weight excluding hydrogens is 230 g/mol. The minimum Gasteiger partial charge on any atom is -2.00 e. The smallest absolute Gasteiger partial charge is 2.00 e. The van der Waals surface area contributed by atoms with Crippen LogP contribution in [-0.2, 0) is 59.8 Å². The summed E-state index contributed by atoms with van der Waals surface area (Å²) in [5, 5.41) is 0. The topological polar surface area (TPSA) is 28.5 Å². The van der Waals surface area contributed by atoms with Crippen LogP contribution >= 0.6 is 0 Å². The van der Waals surface area contributed by atoms with Crippen LogP contribution in [-0.4, -0.2) is 0 Å². The summed E-state index contributed by atoms with van der Waals surface area (Å²) in [7, 11) is 0. The molecule has 0 fully saturated rings. The predicted octanol–water partition coefficient (Wildman–Crippen LogP) is -0.126. The van der Waals surface area contributed by atoms with Gasteiger partial charge in [-0.25, -0.2) is 0 Å².